The van der Waals surface area contributed by atoms with E-state index in [9.17, 15) is 19.5 Å². The molecule has 0 aromatic carbocycles. The molecule has 0 aromatic heterocycles. The molecule has 0 aliphatic carbocycles. The van der Waals surface area contributed by atoms with Crippen LogP contribution in [0.1, 0.15) is 237 Å². The second-order valence-electron chi connectivity index (χ2n) is 17.7. The summed E-state index contributed by atoms with van der Waals surface area (Å²) >= 11 is 0. The molecule has 0 spiro atoms. The summed E-state index contributed by atoms with van der Waals surface area (Å²) in [5, 5.41) is 12.1. The number of aldehydes is 1. The van der Waals surface area contributed by atoms with Crippen LogP contribution in [0.3, 0.4) is 0 Å². The highest BCUT2D eigenvalue weighted by molar-refractivity contribution is 5.81. The van der Waals surface area contributed by atoms with Gasteiger partial charge in [-0.2, -0.15) is 0 Å². The Morgan fingerprint density at radius 2 is 1.23 bits per heavy atom. The van der Waals surface area contributed by atoms with E-state index in [0.29, 0.717) is 12.1 Å². The van der Waals surface area contributed by atoms with E-state index in [-0.39, 0.29) is 28.7 Å². The van der Waals surface area contributed by atoms with Gasteiger partial charge in [0.15, 0.2) is 0 Å². The molecule has 1 saturated heterocycles. The van der Waals surface area contributed by atoms with E-state index in [1.54, 1.807) is 0 Å². The van der Waals surface area contributed by atoms with E-state index in [1.165, 1.54) is 109 Å². The van der Waals surface area contributed by atoms with Gasteiger partial charge in [0.1, 0.15) is 12.4 Å². The highest BCUT2D eigenvalue weighted by Crippen LogP contribution is 2.30. The Kier molecular flexibility index (Phi) is 49.7. The standard InChI is InChI=1S/C19H33NO3.C18H38O.C11H21NO2.2C2H6/c1-6-18(22)23-17-13-15(2)20(14-17)12-10-8-7-9-11-19(4,5)16(3)21;1-4-6-8-10-12-14-16-18(19-3)17-15-13-11-9-7-5-2;1-11(2,9-13)7-5-3-4-6-8-12-10-14;2*1-2/h6,15,17,21H,1,3,7-14H2,2,4-5H3;18H,4-17H2,1-3H3;9-10H,3-8H2,1-2H3,(H,12,14);2*1-2H3. The second-order valence-corrected chi connectivity index (χ2v) is 17.7. The third kappa shape index (κ3) is 42.5. The normalized spacial score (nSPS) is 14.8. The fourth-order valence-electron chi connectivity index (χ4n) is 7.00. The van der Waals surface area contributed by atoms with Gasteiger partial charge in [-0.15, -0.1) is 0 Å². The van der Waals surface area contributed by atoms with Gasteiger partial charge in [-0.25, -0.2) is 4.79 Å². The van der Waals surface area contributed by atoms with Crippen molar-refractivity contribution in [2.24, 2.45) is 10.8 Å². The number of carbonyl (C=O) groups excluding carboxylic acids is 3. The molecule has 1 fully saturated rings. The first-order chi connectivity index (χ1) is 28.7. The van der Waals surface area contributed by atoms with Crippen molar-refractivity contribution < 1.29 is 29.0 Å². The van der Waals surface area contributed by atoms with Crippen LogP contribution in [0.15, 0.2) is 25.0 Å². The molecular formula is C52H104N2O6. The number of carbonyl (C=O) groups is 3. The van der Waals surface area contributed by atoms with Crippen LogP contribution < -0.4 is 5.32 Å². The molecule has 1 rings (SSSR count). The van der Waals surface area contributed by atoms with E-state index in [1.807, 2.05) is 62.5 Å². The number of aliphatic hydroxyl groups is 1. The number of nitrogens with one attached hydrogen (secondary N) is 1. The van der Waals surface area contributed by atoms with Gasteiger partial charge >= 0.3 is 5.97 Å². The fraction of sp³-hybridized carbons (Fsp3) is 0.865. The first-order valence-electron chi connectivity index (χ1n) is 24.8. The summed E-state index contributed by atoms with van der Waals surface area (Å²) in [6, 6.07) is 0.467. The maximum Gasteiger partial charge on any atom is 0.330 e. The lowest BCUT2D eigenvalue weighted by Gasteiger charge is -2.23. The number of hydrogen-bond acceptors (Lipinski definition) is 7. The SMILES string of the molecule is C=CC(=O)OC1CC(C)N(CCCCCCC(C)(C)C(=C)O)C1.CC.CC.CC(C)(C=O)CCCCCCNC=O.CCCCCCCCC(CCCCCCCC)OC. The maximum atomic E-state index is 11.3. The zero-order chi connectivity index (χ0) is 46.5. The molecule has 0 saturated carbocycles. The van der Waals surface area contributed by atoms with Crippen LogP contribution in [0.2, 0.25) is 0 Å². The summed E-state index contributed by atoms with van der Waals surface area (Å²) in [4.78, 5) is 34.2. The van der Waals surface area contributed by atoms with E-state index in [2.05, 4.69) is 44.1 Å². The van der Waals surface area contributed by atoms with Crippen molar-refractivity contribution in [3.05, 3.63) is 25.0 Å². The largest absolute Gasteiger partial charge is 0.512 e. The number of esters is 1. The number of allylic oxidation sites excluding steroid dienone is 1. The van der Waals surface area contributed by atoms with Crippen molar-refractivity contribution in [2.45, 2.75) is 255 Å². The zero-order valence-corrected chi connectivity index (χ0v) is 42.1. The van der Waals surface area contributed by atoms with Gasteiger partial charge in [0.25, 0.3) is 0 Å². The van der Waals surface area contributed by atoms with Crippen molar-refractivity contribution in [3.8, 4) is 0 Å². The van der Waals surface area contributed by atoms with Gasteiger partial charge in [-0.3, -0.25) is 9.69 Å². The molecular weight excluding hydrogens is 749 g/mol. The van der Waals surface area contributed by atoms with Gasteiger partial charge in [-0.1, -0.05) is 198 Å². The minimum Gasteiger partial charge on any atom is -0.512 e. The monoisotopic (exact) mass is 853 g/mol. The average molecular weight is 853 g/mol. The van der Waals surface area contributed by atoms with Crippen LogP contribution in [0, 0.1) is 10.8 Å². The smallest absolute Gasteiger partial charge is 0.330 e. The molecule has 358 valence electrons. The number of methoxy groups -OCH3 is 1. The Morgan fingerprint density at radius 1 is 0.767 bits per heavy atom. The van der Waals surface area contributed by atoms with Gasteiger partial charge in [0.05, 0.1) is 11.9 Å². The molecule has 1 amide bonds. The minimum absolute atomic E-state index is 0.00636. The lowest BCUT2D eigenvalue weighted by Crippen LogP contribution is -2.29. The summed E-state index contributed by atoms with van der Waals surface area (Å²) in [6.45, 7) is 32.5. The molecule has 2 atom stereocenters. The molecule has 8 nitrogen and oxygen atoms in total. The number of rotatable bonds is 34. The molecule has 0 bridgehead atoms. The third-order valence-electron chi connectivity index (χ3n) is 11.3. The molecule has 0 aromatic rings. The number of ether oxygens (including phenoxy) is 2. The molecule has 0 radical (unpaired) electrons. The highest BCUT2D eigenvalue weighted by Gasteiger charge is 2.30. The first-order valence-corrected chi connectivity index (χ1v) is 24.8. The number of hydrogen-bond donors (Lipinski definition) is 2. The third-order valence-corrected chi connectivity index (χ3v) is 11.3. The van der Waals surface area contributed by atoms with Crippen LogP contribution in [0.25, 0.3) is 0 Å². The van der Waals surface area contributed by atoms with E-state index in [0.717, 1.165) is 90.1 Å². The Balaban J connectivity index is -0.000000386. The lowest BCUT2D eigenvalue weighted by atomic mass is 9.85. The van der Waals surface area contributed by atoms with Crippen LogP contribution in [0.4, 0.5) is 0 Å². The van der Waals surface area contributed by atoms with Crippen molar-refractivity contribution in [2.75, 3.05) is 26.7 Å². The summed E-state index contributed by atoms with van der Waals surface area (Å²) in [7, 11) is 1.89. The maximum absolute atomic E-state index is 11.3. The van der Waals surface area contributed by atoms with E-state index in [4.69, 9.17) is 9.47 Å². The summed E-state index contributed by atoms with van der Waals surface area (Å²) < 4.78 is 10.9. The van der Waals surface area contributed by atoms with E-state index < -0.39 is 0 Å². The summed E-state index contributed by atoms with van der Waals surface area (Å²) in [5.41, 5.74) is -0.341. The number of amides is 1. The topological polar surface area (TPSA) is 105 Å². The van der Waals surface area contributed by atoms with Gasteiger partial charge < -0.3 is 24.7 Å². The number of likely N-dealkylation sites (tertiary alicyclic amines) is 1. The summed E-state index contributed by atoms with van der Waals surface area (Å²) in [5.74, 6) is -0.0411. The Labute approximate surface area is 374 Å². The van der Waals surface area contributed by atoms with Crippen molar-refractivity contribution in [1.82, 2.24) is 10.2 Å². The van der Waals surface area contributed by atoms with E-state index >= 15 is 0 Å². The van der Waals surface area contributed by atoms with Crippen molar-refractivity contribution >= 4 is 18.7 Å². The number of unbranched alkanes of at least 4 members (excludes halogenated alkanes) is 16. The van der Waals surface area contributed by atoms with Gasteiger partial charge in [-0.05, 0) is 52.0 Å². The predicted octanol–water partition coefficient (Wildman–Crippen LogP) is 14.7. The molecule has 1 aliphatic rings. The number of nitrogens with zero attached hydrogens (tertiary/aromatic N) is 1. The molecule has 60 heavy (non-hydrogen) atoms. The predicted molar refractivity (Wildman–Crippen MR) is 261 cm³/mol. The van der Waals surface area contributed by atoms with Crippen molar-refractivity contribution in [1.29, 1.82) is 0 Å². The Hall–Kier alpha value is -2.19. The fourth-order valence-corrected chi connectivity index (χ4v) is 7.00. The second kappa shape index (κ2) is 46.3. The first kappa shape index (κ1) is 64.4. The van der Waals surface area contributed by atoms with Crippen LogP contribution in [-0.4, -0.2) is 73.7 Å². The molecule has 8 heteroatoms. The average Bonchev–Trinajstić information content (AvgIpc) is 3.59. The van der Waals surface area contributed by atoms with Crippen LogP contribution >= 0.6 is 0 Å². The molecule has 1 aliphatic heterocycles. The number of aliphatic hydroxyl groups excluding tert-OH is 1. The van der Waals surface area contributed by atoms with Gasteiger partial charge in [0.2, 0.25) is 6.41 Å². The van der Waals surface area contributed by atoms with Crippen LogP contribution in [-0.2, 0) is 23.9 Å². The summed E-state index contributed by atoms with van der Waals surface area (Å²) in [6.07, 6.45) is 34.6. The van der Waals surface area contributed by atoms with Crippen molar-refractivity contribution in [3.63, 3.8) is 0 Å². The van der Waals surface area contributed by atoms with Gasteiger partial charge in [0, 0.05) is 49.6 Å². The minimum atomic E-state index is -0.322. The quantitative estimate of drug-likeness (QED) is 0.0218. The van der Waals surface area contributed by atoms with Crippen LogP contribution in [0.5, 0.6) is 0 Å². The molecule has 2 N–H and O–H groups in total. The zero-order valence-electron chi connectivity index (χ0n) is 42.1. The lowest BCUT2D eigenvalue weighted by molar-refractivity contribution is -0.142. The molecule has 2 unspecified atom stereocenters. The highest BCUT2D eigenvalue weighted by atomic mass is 16.5. The Bertz CT molecular complexity index is 952. The Morgan fingerprint density at radius 3 is 1.70 bits per heavy atom. The molecule has 1 heterocycles.